The Labute approximate surface area is 160 Å². The Bertz CT molecular complexity index is 863. The summed E-state index contributed by atoms with van der Waals surface area (Å²) in [4.78, 5) is 4.82. The number of hydrogen-bond donors (Lipinski definition) is 2. The zero-order chi connectivity index (χ0) is 16.9. The number of para-hydroxylation sites is 1. The fourth-order valence-electron chi connectivity index (χ4n) is 3.22. The zero-order valence-corrected chi connectivity index (χ0v) is 15.2. The first kappa shape index (κ1) is 18.0. The second-order valence-electron chi connectivity index (χ2n) is 6.20. The van der Waals surface area contributed by atoms with Crippen LogP contribution in [0.25, 0.3) is 0 Å². The Morgan fingerprint density at radius 1 is 0.846 bits per heavy atom. The molecule has 0 radical (unpaired) electrons. The van der Waals surface area contributed by atoms with Crippen molar-refractivity contribution in [3.8, 4) is 0 Å². The van der Waals surface area contributed by atoms with Gasteiger partial charge in [-0.05, 0) is 22.8 Å². The lowest BCUT2D eigenvalue weighted by molar-refractivity contribution is 0.742. The molecule has 3 nitrogen and oxygen atoms in total. The van der Waals surface area contributed by atoms with Crippen LogP contribution >= 0.6 is 12.4 Å². The van der Waals surface area contributed by atoms with Gasteiger partial charge in [0.05, 0.1) is 5.69 Å². The van der Waals surface area contributed by atoms with Gasteiger partial charge in [-0.1, -0.05) is 78.9 Å². The van der Waals surface area contributed by atoms with E-state index < -0.39 is 0 Å². The van der Waals surface area contributed by atoms with Crippen molar-refractivity contribution in [1.29, 1.82) is 0 Å². The molecule has 0 aliphatic carbocycles. The normalized spacial score (nSPS) is 15.5. The number of nitrogens with zero attached hydrogens (tertiary/aromatic N) is 1. The molecule has 4 rings (SSSR count). The van der Waals surface area contributed by atoms with Crippen LogP contribution in [-0.2, 0) is 6.54 Å². The first-order valence-electron chi connectivity index (χ1n) is 8.64. The highest BCUT2D eigenvalue weighted by Crippen LogP contribution is 2.33. The van der Waals surface area contributed by atoms with Gasteiger partial charge in [-0.15, -0.1) is 12.4 Å². The van der Waals surface area contributed by atoms with Crippen LogP contribution in [0, 0.1) is 0 Å². The van der Waals surface area contributed by atoms with Crippen molar-refractivity contribution in [2.45, 2.75) is 12.5 Å². The van der Waals surface area contributed by atoms with Crippen molar-refractivity contribution in [3.05, 3.63) is 102 Å². The van der Waals surface area contributed by atoms with E-state index in [0.717, 1.165) is 24.7 Å². The van der Waals surface area contributed by atoms with E-state index in [1.165, 1.54) is 16.7 Å². The number of benzene rings is 3. The molecule has 3 aromatic carbocycles. The predicted octanol–water partition coefficient (Wildman–Crippen LogP) is 4.62. The highest BCUT2D eigenvalue weighted by Gasteiger charge is 2.20. The average molecular weight is 364 g/mol. The molecule has 0 saturated carbocycles. The minimum atomic E-state index is 0. The first-order valence-corrected chi connectivity index (χ1v) is 8.64. The highest BCUT2D eigenvalue weighted by atomic mass is 35.5. The number of fused-ring (bicyclic) bond motifs is 1. The van der Waals surface area contributed by atoms with Crippen molar-refractivity contribution in [3.63, 3.8) is 0 Å². The van der Waals surface area contributed by atoms with Crippen LogP contribution in [0.5, 0.6) is 0 Å². The van der Waals surface area contributed by atoms with Crippen LogP contribution < -0.4 is 10.6 Å². The van der Waals surface area contributed by atoms with E-state index in [1.54, 1.807) is 0 Å². The quantitative estimate of drug-likeness (QED) is 0.712. The SMILES string of the molecule is Cl.c1ccc(CNC2=Nc3ccccc3C(c3ccccc3)CN2)cc1. The summed E-state index contributed by atoms with van der Waals surface area (Å²) in [6.45, 7) is 1.58. The molecule has 132 valence electrons. The second kappa shape index (κ2) is 8.54. The molecule has 4 heteroatoms. The van der Waals surface area contributed by atoms with Crippen molar-refractivity contribution in [2.24, 2.45) is 4.99 Å². The molecule has 1 heterocycles. The third-order valence-corrected chi connectivity index (χ3v) is 4.52. The van der Waals surface area contributed by atoms with Crippen LogP contribution in [0.3, 0.4) is 0 Å². The Kier molecular flexibility index (Phi) is 5.92. The van der Waals surface area contributed by atoms with Gasteiger partial charge in [-0.3, -0.25) is 0 Å². The maximum atomic E-state index is 4.82. The zero-order valence-electron chi connectivity index (χ0n) is 14.4. The number of halogens is 1. The summed E-state index contributed by atoms with van der Waals surface area (Å²) in [5.41, 5.74) is 4.83. The summed E-state index contributed by atoms with van der Waals surface area (Å²) >= 11 is 0. The van der Waals surface area contributed by atoms with Crippen molar-refractivity contribution in [2.75, 3.05) is 6.54 Å². The first-order chi connectivity index (χ1) is 12.4. The molecule has 3 aromatic rings. The van der Waals surface area contributed by atoms with Gasteiger partial charge in [0.1, 0.15) is 0 Å². The lowest BCUT2D eigenvalue weighted by Gasteiger charge is -2.18. The minimum absolute atomic E-state index is 0. The number of rotatable bonds is 3. The van der Waals surface area contributed by atoms with Gasteiger partial charge >= 0.3 is 0 Å². The van der Waals surface area contributed by atoms with E-state index >= 15 is 0 Å². The van der Waals surface area contributed by atoms with Crippen molar-refractivity contribution in [1.82, 2.24) is 10.6 Å². The highest BCUT2D eigenvalue weighted by molar-refractivity contribution is 5.85. The van der Waals surface area contributed by atoms with E-state index in [2.05, 4.69) is 83.4 Å². The number of aliphatic imine (C=N–C) groups is 1. The third-order valence-electron chi connectivity index (χ3n) is 4.52. The molecule has 0 bridgehead atoms. The monoisotopic (exact) mass is 363 g/mol. The predicted molar refractivity (Wildman–Crippen MR) is 110 cm³/mol. The summed E-state index contributed by atoms with van der Waals surface area (Å²) in [7, 11) is 0. The van der Waals surface area contributed by atoms with Crippen LogP contribution in [0.2, 0.25) is 0 Å². The minimum Gasteiger partial charge on any atom is -0.355 e. The Morgan fingerprint density at radius 2 is 1.50 bits per heavy atom. The maximum absolute atomic E-state index is 4.82. The van der Waals surface area contributed by atoms with Gasteiger partial charge in [0.15, 0.2) is 5.96 Å². The standard InChI is InChI=1S/C22H21N3.ClH/c1-3-9-17(10-4-1)15-23-22-24-16-20(18-11-5-2-6-12-18)19-13-7-8-14-21(19)25-22;/h1-14,20H,15-16H2,(H2,23,24,25);1H. The van der Waals surface area contributed by atoms with Gasteiger partial charge in [0.2, 0.25) is 0 Å². The lowest BCUT2D eigenvalue weighted by Crippen LogP contribution is -2.37. The average Bonchev–Trinajstić information content (AvgIpc) is 2.87. The number of nitrogens with one attached hydrogen (secondary N) is 2. The van der Waals surface area contributed by atoms with Crippen LogP contribution in [-0.4, -0.2) is 12.5 Å². The lowest BCUT2D eigenvalue weighted by atomic mass is 9.90. The van der Waals surface area contributed by atoms with E-state index in [-0.39, 0.29) is 18.3 Å². The topological polar surface area (TPSA) is 36.4 Å². The summed E-state index contributed by atoms with van der Waals surface area (Å²) in [6.07, 6.45) is 0. The van der Waals surface area contributed by atoms with Gasteiger partial charge < -0.3 is 10.6 Å². The molecule has 26 heavy (non-hydrogen) atoms. The molecule has 0 aromatic heterocycles. The second-order valence-corrected chi connectivity index (χ2v) is 6.20. The van der Waals surface area contributed by atoms with E-state index in [1.807, 2.05) is 12.1 Å². The molecule has 1 unspecified atom stereocenters. The van der Waals surface area contributed by atoms with Crippen LogP contribution in [0.15, 0.2) is 89.9 Å². The number of hydrogen-bond acceptors (Lipinski definition) is 3. The molecular formula is C22H22ClN3. The molecule has 1 atom stereocenters. The van der Waals surface area contributed by atoms with Gasteiger partial charge in [0, 0.05) is 19.0 Å². The van der Waals surface area contributed by atoms with E-state index in [9.17, 15) is 0 Å². The van der Waals surface area contributed by atoms with Gasteiger partial charge in [0.25, 0.3) is 0 Å². The molecule has 0 fully saturated rings. The van der Waals surface area contributed by atoms with E-state index in [0.29, 0.717) is 0 Å². The third kappa shape index (κ3) is 4.06. The Hall–Kier alpha value is -2.78. The smallest absolute Gasteiger partial charge is 0.196 e. The van der Waals surface area contributed by atoms with Crippen molar-refractivity contribution < 1.29 is 0 Å². The molecule has 0 amide bonds. The summed E-state index contributed by atoms with van der Waals surface area (Å²) < 4.78 is 0. The van der Waals surface area contributed by atoms with E-state index in [4.69, 9.17) is 4.99 Å². The molecule has 1 aliphatic heterocycles. The fourth-order valence-corrected chi connectivity index (χ4v) is 3.22. The Balaban J connectivity index is 0.00000196. The van der Waals surface area contributed by atoms with Crippen molar-refractivity contribution >= 4 is 24.1 Å². The fraction of sp³-hybridized carbons (Fsp3) is 0.136. The molecule has 1 aliphatic rings. The molecule has 2 N–H and O–H groups in total. The van der Waals surface area contributed by atoms with Crippen LogP contribution in [0.4, 0.5) is 5.69 Å². The molecular weight excluding hydrogens is 342 g/mol. The summed E-state index contributed by atoms with van der Waals surface area (Å²) in [6, 6.07) is 29.4. The molecule has 0 spiro atoms. The van der Waals surface area contributed by atoms with Crippen LogP contribution in [0.1, 0.15) is 22.6 Å². The maximum Gasteiger partial charge on any atom is 0.196 e. The largest absolute Gasteiger partial charge is 0.355 e. The Morgan fingerprint density at radius 3 is 2.27 bits per heavy atom. The summed E-state index contributed by atoms with van der Waals surface area (Å²) in [5.74, 6) is 1.12. The van der Waals surface area contributed by atoms with Gasteiger partial charge in [-0.2, -0.15) is 0 Å². The van der Waals surface area contributed by atoms with Gasteiger partial charge in [-0.25, -0.2) is 4.99 Å². The molecule has 0 saturated heterocycles. The summed E-state index contributed by atoms with van der Waals surface area (Å²) in [5, 5.41) is 6.92. The number of guanidine groups is 1.